The first-order chi connectivity index (χ1) is 20.1. The molecule has 2 aliphatic heterocycles. The van der Waals surface area contributed by atoms with E-state index in [1.54, 1.807) is 13.8 Å². The van der Waals surface area contributed by atoms with E-state index in [1.807, 2.05) is 9.80 Å². The molecule has 2 aromatic rings. The minimum absolute atomic E-state index is 0.0503. The highest BCUT2D eigenvalue weighted by molar-refractivity contribution is 5.96. The van der Waals surface area contributed by atoms with Crippen molar-refractivity contribution in [1.29, 1.82) is 0 Å². The molecule has 1 aromatic heterocycles. The lowest BCUT2D eigenvalue weighted by molar-refractivity contribution is 0.0873. The van der Waals surface area contributed by atoms with E-state index in [0.717, 1.165) is 70.2 Å². The maximum Gasteiger partial charge on any atom is 0.321 e. The van der Waals surface area contributed by atoms with Crippen LogP contribution in [0.2, 0.25) is 0 Å². The normalized spacial score (nSPS) is 21.7. The predicted octanol–water partition coefficient (Wildman–Crippen LogP) is 5.90. The number of amides is 3. The summed E-state index contributed by atoms with van der Waals surface area (Å²) in [5, 5.41) is 2.95. The van der Waals surface area contributed by atoms with Gasteiger partial charge in [-0.2, -0.15) is 4.39 Å². The molecule has 1 aromatic carbocycles. The van der Waals surface area contributed by atoms with Crippen LogP contribution in [0.1, 0.15) is 91.5 Å². The van der Waals surface area contributed by atoms with Crippen LogP contribution in [0.15, 0.2) is 24.3 Å². The predicted molar refractivity (Wildman–Crippen MR) is 155 cm³/mol. The van der Waals surface area contributed by atoms with Crippen LogP contribution in [0, 0.1) is 31.4 Å². The van der Waals surface area contributed by atoms with Gasteiger partial charge in [-0.15, -0.1) is 0 Å². The minimum atomic E-state index is -0.594. The minimum Gasteiger partial charge on any atom is -0.352 e. The van der Waals surface area contributed by atoms with E-state index in [0.29, 0.717) is 29.9 Å². The lowest BCUT2D eigenvalue weighted by atomic mass is 9.94. The van der Waals surface area contributed by atoms with Gasteiger partial charge in [0.05, 0.1) is 17.3 Å². The summed E-state index contributed by atoms with van der Waals surface area (Å²) >= 11 is 0. The van der Waals surface area contributed by atoms with E-state index in [1.165, 1.54) is 18.6 Å². The molecule has 7 nitrogen and oxygen atoms in total. The van der Waals surface area contributed by atoms with Crippen molar-refractivity contribution in [3.63, 3.8) is 0 Å². The third-order valence-corrected chi connectivity index (χ3v) is 9.46. The number of pyridine rings is 1. The smallest absolute Gasteiger partial charge is 0.321 e. The van der Waals surface area contributed by atoms with Crippen LogP contribution in [-0.4, -0.2) is 75.9 Å². The summed E-state index contributed by atoms with van der Waals surface area (Å²) in [5.41, 5.74) is 1.60. The Balaban J connectivity index is 1.20. The average Bonchev–Trinajstić information content (AvgIpc) is 3.30. The summed E-state index contributed by atoms with van der Waals surface area (Å²) < 4.78 is 42.7. The van der Waals surface area contributed by atoms with Crippen molar-refractivity contribution in [3.8, 4) is 0 Å². The second-order valence-electron chi connectivity index (χ2n) is 12.2. The fourth-order valence-corrected chi connectivity index (χ4v) is 7.16. The molecule has 2 unspecified atom stereocenters. The van der Waals surface area contributed by atoms with Gasteiger partial charge < -0.3 is 20.0 Å². The first-order valence-electron chi connectivity index (χ1n) is 15.3. The topological polar surface area (TPSA) is 68.8 Å². The highest BCUT2D eigenvalue weighted by atomic mass is 19.1. The van der Waals surface area contributed by atoms with E-state index in [2.05, 4.69) is 22.1 Å². The Bertz CT molecular complexity index is 1270. The van der Waals surface area contributed by atoms with Gasteiger partial charge in [-0.25, -0.2) is 18.6 Å². The van der Waals surface area contributed by atoms with Gasteiger partial charge in [-0.05, 0) is 82.7 Å². The number of halogens is 3. The summed E-state index contributed by atoms with van der Waals surface area (Å²) in [6, 6.07) is 4.54. The number of likely N-dealkylation sites (tertiary alicyclic amines) is 1. The van der Waals surface area contributed by atoms with Crippen LogP contribution in [0.25, 0.3) is 0 Å². The summed E-state index contributed by atoms with van der Waals surface area (Å²) in [5.74, 6) is -1.82. The number of carbonyl (C=O) groups excluding carboxylic acids is 2. The Hall–Kier alpha value is -3.14. The Kier molecular flexibility index (Phi) is 9.40. The van der Waals surface area contributed by atoms with Crippen molar-refractivity contribution in [2.45, 2.75) is 96.3 Å². The number of nitrogens with zero attached hydrogens (tertiary/aromatic N) is 4. The van der Waals surface area contributed by atoms with Crippen molar-refractivity contribution >= 4 is 11.9 Å². The van der Waals surface area contributed by atoms with Gasteiger partial charge in [-0.1, -0.05) is 19.3 Å². The zero-order chi connectivity index (χ0) is 30.0. The van der Waals surface area contributed by atoms with E-state index in [9.17, 15) is 22.8 Å². The van der Waals surface area contributed by atoms with Gasteiger partial charge >= 0.3 is 6.03 Å². The molecule has 1 N–H and O–H groups in total. The number of piperidine rings is 1. The average molecular weight is 586 g/mol. The fourth-order valence-electron chi connectivity index (χ4n) is 7.16. The second-order valence-corrected chi connectivity index (χ2v) is 12.2. The first-order valence-corrected chi connectivity index (χ1v) is 15.3. The maximum absolute atomic E-state index is 15.0. The van der Waals surface area contributed by atoms with Gasteiger partial charge in [0, 0.05) is 49.9 Å². The second kappa shape index (κ2) is 13.0. The zero-order valence-corrected chi connectivity index (χ0v) is 24.8. The molecular formula is C32H42F3N5O2. The summed E-state index contributed by atoms with van der Waals surface area (Å²) in [6.07, 6.45) is 7.49. The monoisotopic (exact) mass is 585 g/mol. The Morgan fingerprint density at radius 3 is 2.43 bits per heavy atom. The van der Waals surface area contributed by atoms with Crippen LogP contribution >= 0.6 is 0 Å². The van der Waals surface area contributed by atoms with E-state index in [-0.39, 0.29) is 35.6 Å². The van der Waals surface area contributed by atoms with Gasteiger partial charge in [0.15, 0.2) is 0 Å². The summed E-state index contributed by atoms with van der Waals surface area (Å²) in [6.45, 7) is 7.85. The molecule has 5 rings (SSSR count). The number of aromatic nitrogens is 1. The number of hydrogen-bond donors (Lipinski definition) is 1. The van der Waals surface area contributed by atoms with Gasteiger partial charge in [-0.3, -0.25) is 4.79 Å². The summed E-state index contributed by atoms with van der Waals surface area (Å²) in [4.78, 5) is 36.5. The molecule has 0 bridgehead atoms. The number of hydrogen-bond acceptors (Lipinski definition) is 4. The molecule has 0 radical (unpaired) electrons. The highest BCUT2D eigenvalue weighted by Gasteiger charge is 2.46. The van der Waals surface area contributed by atoms with Crippen LogP contribution in [0.4, 0.5) is 18.0 Å². The molecule has 3 fully saturated rings. The van der Waals surface area contributed by atoms with E-state index in [4.69, 9.17) is 0 Å². The molecular weight excluding hydrogens is 543 g/mol. The molecule has 2 saturated heterocycles. The standard InChI is InChI=1S/C32H42F3N5O2/c1-20-17-29(35)37-22(3)30(20)31(41)36-14-11-21(2)38-15-12-25(13-16-38)40-28(26-18-23(33)9-10-27(26)34)19-39(32(40)42)24-7-5-4-6-8-24/h9-10,17-18,21,24-25,28H,4-8,11-16,19H2,1-3H3,(H,36,41). The third-order valence-electron chi connectivity index (χ3n) is 9.46. The fraction of sp³-hybridized carbons (Fsp3) is 0.594. The van der Waals surface area contributed by atoms with E-state index < -0.39 is 23.6 Å². The SMILES string of the molecule is Cc1cc(F)nc(C)c1C(=O)NCCC(C)N1CCC(N2C(=O)N(C3CCCCC3)CC2c2cc(F)ccc2F)CC1. The lowest BCUT2D eigenvalue weighted by Crippen LogP contribution is -2.50. The third kappa shape index (κ3) is 6.43. The molecule has 3 amide bonds. The van der Waals surface area contributed by atoms with Crippen LogP contribution < -0.4 is 5.32 Å². The quantitative estimate of drug-likeness (QED) is 0.392. The van der Waals surface area contributed by atoms with Crippen molar-refractivity contribution in [3.05, 3.63) is 64.2 Å². The van der Waals surface area contributed by atoms with Crippen molar-refractivity contribution in [2.24, 2.45) is 0 Å². The number of benzene rings is 1. The Morgan fingerprint density at radius 2 is 1.74 bits per heavy atom. The number of rotatable bonds is 8. The molecule has 0 spiro atoms. The summed E-state index contributed by atoms with van der Waals surface area (Å²) in [7, 11) is 0. The molecule has 42 heavy (non-hydrogen) atoms. The molecule has 2 atom stereocenters. The highest BCUT2D eigenvalue weighted by Crippen LogP contribution is 2.39. The van der Waals surface area contributed by atoms with Gasteiger partial charge in [0.2, 0.25) is 5.95 Å². The van der Waals surface area contributed by atoms with Crippen LogP contribution in [0.3, 0.4) is 0 Å². The van der Waals surface area contributed by atoms with Crippen LogP contribution in [0.5, 0.6) is 0 Å². The lowest BCUT2D eigenvalue weighted by Gasteiger charge is -2.41. The molecule has 10 heteroatoms. The molecule has 3 heterocycles. The Labute approximate surface area is 246 Å². The van der Waals surface area contributed by atoms with Gasteiger partial charge in [0.1, 0.15) is 11.6 Å². The number of nitrogens with one attached hydrogen (secondary N) is 1. The molecule has 3 aliphatic rings. The van der Waals surface area contributed by atoms with Crippen LogP contribution in [-0.2, 0) is 0 Å². The molecule has 1 saturated carbocycles. The van der Waals surface area contributed by atoms with Crippen molar-refractivity contribution in [1.82, 2.24) is 25.0 Å². The molecule has 1 aliphatic carbocycles. The van der Waals surface area contributed by atoms with Crippen molar-refractivity contribution in [2.75, 3.05) is 26.2 Å². The first kappa shape index (κ1) is 30.3. The maximum atomic E-state index is 15.0. The number of urea groups is 1. The Morgan fingerprint density at radius 1 is 1.02 bits per heavy atom. The number of carbonyl (C=O) groups is 2. The van der Waals surface area contributed by atoms with Gasteiger partial charge in [0.25, 0.3) is 5.91 Å². The molecule has 228 valence electrons. The van der Waals surface area contributed by atoms with Crippen molar-refractivity contribution < 1.29 is 22.8 Å². The number of aryl methyl sites for hydroxylation is 2. The largest absolute Gasteiger partial charge is 0.352 e. The zero-order valence-electron chi connectivity index (χ0n) is 24.8. The van der Waals surface area contributed by atoms with E-state index >= 15 is 0 Å².